The molecule has 0 unspecified atom stereocenters. The molecule has 12 heavy (non-hydrogen) atoms. The van der Waals surface area contributed by atoms with Crippen LogP contribution in [0.5, 0.6) is 0 Å². The minimum absolute atomic E-state index is 0.449. The first-order chi connectivity index (χ1) is 5.58. The molecule has 0 spiro atoms. The van der Waals surface area contributed by atoms with Gasteiger partial charge < -0.3 is 14.4 Å². The minimum atomic E-state index is -4.55. The van der Waals surface area contributed by atoms with Crippen molar-refractivity contribution >= 4 is 13.7 Å². The molecule has 0 aliphatic carbocycles. The molecule has 1 heterocycles. The van der Waals surface area contributed by atoms with Gasteiger partial charge in [0.05, 0.1) is 5.69 Å². The van der Waals surface area contributed by atoms with E-state index in [0.29, 0.717) is 11.5 Å². The zero-order valence-corrected chi connectivity index (χ0v) is 6.98. The van der Waals surface area contributed by atoms with Crippen molar-refractivity contribution in [3.63, 3.8) is 0 Å². The van der Waals surface area contributed by atoms with Gasteiger partial charge >= 0.3 is 0 Å². The fourth-order valence-electron chi connectivity index (χ4n) is 0.642. The molecule has 5 heteroatoms. The van der Waals surface area contributed by atoms with Crippen molar-refractivity contribution in [1.82, 2.24) is 4.98 Å². The maximum absolute atomic E-state index is 10.2. The van der Waals surface area contributed by atoms with Gasteiger partial charge in [0, 0.05) is 6.20 Å². The lowest BCUT2D eigenvalue weighted by Gasteiger charge is -2.24. The summed E-state index contributed by atoms with van der Waals surface area (Å²) in [6, 6.07) is 5.00. The zero-order valence-electron chi connectivity index (χ0n) is 6.08. The SMILES string of the molecule is O=P([O-])([O-])/C=C/c1ccccn1. The average molecular weight is 183 g/mol. The molecule has 0 aliphatic rings. The van der Waals surface area contributed by atoms with Crippen molar-refractivity contribution in [2.45, 2.75) is 0 Å². The molecular weight excluding hydrogens is 177 g/mol. The van der Waals surface area contributed by atoms with Crippen LogP contribution in [0.3, 0.4) is 0 Å². The monoisotopic (exact) mass is 183 g/mol. The van der Waals surface area contributed by atoms with Crippen LogP contribution < -0.4 is 9.79 Å². The maximum atomic E-state index is 10.2. The maximum Gasteiger partial charge on any atom is 0.0630 e. The molecule has 1 aromatic heterocycles. The van der Waals surface area contributed by atoms with E-state index >= 15 is 0 Å². The van der Waals surface area contributed by atoms with Gasteiger partial charge in [0.2, 0.25) is 0 Å². The fourth-order valence-corrected chi connectivity index (χ4v) is 0.978. The van der Waals surface area contributed by atoms with Crippen LogP contribution >= 0.6 is 7.60 Å². The highest BCUT2D eigenvalue weighted by Crippen LogP contribution is 2.25. The molecule has 64 valence electrons. The zero-order chi connectivity index (χ0) is 9.03. The summed E-state index contributed by atoms with van der Waals surface area (Å²) in [6.07, 6.45) is 2.68. The number of aromatic nitrogens is 1. The van der Waals surface area contributed by atoms with Crippen molar-refractivity contribution < 1.29 is 14.4 Å². The molecule has 0 radical (unpaired) electrons. The van der Waals surface area contributed by atoms with Gasteiger partial charge in [-0.25, -0.2) is 0 Å². The van der Waals surface area contributed by atoms with Gasteiger partial charge in [0.25, 0.3) is 0 Å². The molecule has 0 aliphatic heterocycles. The van der Waals surface area contributed by atoms with Crippen LogP contribution in [0.15, 0.2) is 30.2 Å². The van der Waals surface area contributed by atoms with Crippen LogP contribution in [0.1, 0.15) is 5.69 Å². The van der Waals surface area contributed by atoms with Crippen LogP contribution in [-0.4, -0.2) is 4.98 Å². The van der Waals surface area contributed by atoms with Crippen LogP contribution in [0.25, 0.3) is 6.08 Å². The molecule has 0 fully saturated rings. The molecule has 0 aromatic carbocycles. The molecule has 0 atom stereocenters. The summed E-state index contributed by atoms with van der Waals surface area (Å²) in [7, 11) is -4.55. The third-order valence-electron chi connectivity index (χ3n) is 1.12. The highest BCUT2D eigenvalue weighted by molar-refractivity contribution is 7.52. The van der Waals surface area contributed by atoms with Crippen LogP contribution in [0.4, 0.5) is 0 Å². The third-order valence-corrected chi connectivity index (χ3v) is 1.63. The Morgan fingerprint density at radius 3 is 2.67 bits per heavy atom. The molecule has 0 N–H and O–H groups in total. The number of pyridine rings is 1. The lowest BCUT2D eigenvalue weighted by Crippen LogP contribution is -2.10. The van der Waals surface area contributed by atoms with E-state index in [4.69, 9.17) is 0 Å². The second kappa shape index (κ2) is 3.63. The van der Waals surface area contributed by atoms with Crippen LogP contribution in [0, 0.1) is 0 Å². The predicted octanol–water partition coefficient (Wildman–Crippen LogP) is -0.0340. The quantitative estimate of drug-likeness (QED) is 0.603. The van der Waals surface area contributed by atoms with Crippen molar-refractivity contribution in [3.05, 3.63) is 35.9 Å². The lowest BCUT2D eigenvalue weighted by atomic mass is 10.3. The highest BCUT2D eigenvalue weighted by atomic mass is 31.2. The van der Waals surface area contributed by atoms with Gasteiger partial charge in [-0.2, -0.15) is 0 Å². The van der Waals surface area contributed by atoms with Crippen LogP contribution in [0.2, 0.25) is 0 Å². The summed E-state index contributed by atoms with van der Waals surface area (Å²) in [4.78, 5) is 24.1. The van der Waals surface area contributed by atoms with Gasteiger partial charge in [0.15, 0.2) is 0 Å². The Hall–Kier alpha value is -0.960. The Kier molecular flexibility index (Phi) is 2.76. The third kappa shape index (κ3) is 3.44. The van der Waals surface area contributed by atoms with Gasteiger partial charge in [0.1, 0.15) is 0 Å². The minimum Gasteiger partial charge on any atom is -0.808 e. The average Bonchev–Trinajstić information content (AvgIpc) is 2.02. The molecule has 0 bridgehead atoms. The summed E-state index contributed by atoms with van der Waals surface area (Å²) in [5, 5.41) is 0. The molecule has 0 saturated heterocycles. The molecule has 1 rings (SSSR count). The molecule has 0 amide bonds. The van der Waals surface area contributed by atoms with Crippen molar-refractivity contribution in [2.24, 2.45) is 0 Å². The molecule has 1 aromatic rings. The largest absolute Gasteiger partial charge is 0.808 e. The van der Waals surface area contributed by atoms with Crippen molar-refractivity contribution in [3.8, 4) is 0 Å². The standard InChI is InChI=1S/C7H8NO3P/c9-12(10,11)6-4-7-3-1-2-5-8-7/h1-6H,(H2,9,10,11)/p-2/b6-4+. The Balaban J connectivity index is 2.78. The van der Waals surface area contributed by atoms with E-state index < -0.39 is 7.60 Å². The summed E-state index contributed by atoms with van der Waals surface area (Å²) in [5.74, 6) is 0.606. The van der Waals surface area contributed by atoms with E-state index in [1.54, 1.807) is 18.2 Å². The molecular formula is C7H6NO3P-2. The topological polar surface area (TPSA) is 76.1 Å². The van der Waals surface area contributed by atoms with Crippen LogP contribution in [-0.2, 0) is 4.57 Å². The predicted molar refractivity (Wildman–Crippen MR) is 40.9 cm³/mol. The second-order valence-electron chi connectivity index (χ2n) is 2.11. The van der Waals surface area contributed by atoms with E-state index in [9.17, 15) is 14.4 Å². The second-order valence-corrected chi connectivity index (χ2v) is 3.49. The van der Waals surface area contributed by atoms with Crippen molar-refractivity contribution in [1.29, 1.82) is 0 Å². The number of nitrogens with zero attached hydrogens (tertiary/aromatic N) is 1. The highest BCUT2D eigenvalue weighted by Gasteiger charge is 1.84. The summed E-state index contributed by atoms with van der Waals surface area (Å²) < 4.78 is 10.2. The van der Waals surface area contributed by atoms with Crippen molar-refractivity contribution in [2.75, 3.05) is 0 Å². The molecule has 4 nitrogen and oxygen atoms in total. The van der Waals surface area contributed by atoms with E-state index in [2.05, 4.69) is 4.98 Å². The van der Waals surface area contributed by atoms with E-state index in [-0.39, 0.29) is 0 Å². The number of rotatable bonds is 2. The Morgan fingerprint density at radius 2 is 2.17 bits per heavy atom. The Morgan fingerprint density at radius 1 is 1.42 bits per heavy atom. The van der Waals surface area contributed by atoms with E-state index in [0.717, 1.165) is 0 Å². The smallest absolute Gasteiger partial charge is 0.0630 e. The first kappa shape index (κ1) is 9.13. The number of hydrogen-bond donors (Lipinski definition) is 0. The Labute approximate surface area is 69.7 Å². The number of hydrogen-bond acceptors (Lipinski definition) is 4. The van der Waals surface area contributed by atoms with Gasteiger partial charge in [-0.05, 0) is 31.6 Å². The lowest BCUT2D eigenvalue weighted by molar-refractivity contribution is -0.308. The first-order valence-corrected chi connectivity index (χ1v) is 4.81. The normalized spacial score (nSPS) is 12.2. The van der Waals surface area contributed by atoms with E-state index in [1.807, 2.05) is 0 Å². The van der Waals surface area contributed by atoms with Gasteiger partial charge in [-0.1, -0.05) is 6.07 Å². The summed E-state index contributed by atoms with van der Waals surface area (Å²) in [5.41, 5.74) is 0.449. The van der Waals surface area contributed by atoms with Gasteiger partial charge in [-0.15, -0.1) is 0 Å². The van der Waals surface area contributed by atoms with Gasteiger partial charge in [-0.3, -0.25) is 4.98 Å². The summed E-state index contributed by atoms with van der Waals surface area (Å²) >= 11 is 0. The molecule has 0 saturated carbocycles. The summed E-state index contributed by atoms with van der Waals surface area (Å²) in [6.45, 7) is 0. The first-order valence-electron chi connectivity index (χ1n) is 3.20. The fraction of sp³-hybridized carbons (Fsp3) is 0. The van der Waals surface area contributed by atoms with E-state index in [1.165, 1.54) is 12.3 Å². The Bertz CT molecular complexity index is 317.